The first-order valence-corrected chi connectivity index (χ1v) is 11.1. The van der Waals surface area contributed by atoms with Crippen LogP contribution < -0.4 is 9.62 Å². The summed E-state index contributed by atoms with van der Waals surface area (Å²) in [6, 6.07) is 13.4. The average molecular weight is 417 g/mol. The number of benzene rings is 2. The number of hydrogen-bond acceptors (Lipinski definition) is 3. The van der Waals surface area contributed by atoms with E-state index < -0.39 is 15.6 Å². The molecule has 0 aromatic heterocycles. The predicted octanol–water partition coefficient (Wildman–Crippen LogP) is 4.76. The van der Waals surface area contributed by atoms with E-state index in [2.05, 4.69) is 26.1 Å². The van der Waals surface area contributed by atoms with Crippen LogP contribution in [0.5, 0.6) is 0 Å². The molecule has 2 aromatic rings. The highest BCUT2D eigenvalue weighted by atomic mass is 32.2. The quantitative estimate of drug-likeness (QED) is 0.738. The summed E-state index contributed by atoms with van der Waals surface area (Å²) in [6.07, 6.45) is 0.783. The van der Waals surface area contributed by atoms with E-state index in [0.29, 0.717) is 11.3 Å². The Balaban J connectivity index is 2.37. The summed E-state index contributed by atoms with van der Waals surface area (Å²) in [5.74, 6) is -0.291. The fraction of sp³-hybridized carbons (Fsp3) is 0.435. The SMILES string of the molecule is Cc1ccc(S(=O)(=O)N(C)c2ccccc2C(=O)NC(C)(C)CC(C)(C)C)cc1. The van der Waals surface area contributed by atoms with E-state index >= 15 is 0 Å². The van der Waals surface area contributed by atoms with Crippen LogP contribution in [-0.2, 0) is 10.0 Å². The van der Waals surface area contributed by atoms with Gasteiger partial charge in [-0.15, -0.1) is 0 Å². The molecule has 0 saturated carbocycles. The van der Waals surface area contributed by atoms with Gasteiger partial charge in [-0.05, 0) is 56.9 Å². The summed E-state index contributed by atoms with van der Waals surface area (Å²) in [7, 11) is -2.31. The first-order chi connectivity index (χ1) is 13.2. The lowest BCUT2D eigenvalue weighted by atomic mass is 9.81. The average Bonchev–Trinajstić information content (AvgIpc) is 2.58. The van der Waals surface area contributed by atoms with Gasteiger partial charge in [0, 0.05) is 12.6 Å². The lowest BCUT2D eigenvalue weighted by Crippen LogP contribution is -2.46. The Labute approximate surface area is 175 Å². The second-order valence-electron chi connectivity index (χ2n) is 9.38. The molecule has 0 heterocycles. The van der Waals surface area contributed by atoms with Gasteiger partial charge in [0.15, 0.2) is 0 Å². The van der Waals surface area contributed by atoms with E-state index in [9.17, 15) is 13.2 Å². The fourth-order valence-electron chi connectivity index (χ4n) is 3.68. The van der Waals surface area contributed by atoms with E-state index in [4.69, 9.17) is 0 Å². The van der Waals surface area contributed by atoms with Crippen LogP contribution in [0.25, 0.3) is 0 Å². The molecule has 0 aliphatic heterocycles. The van der Waals surface area contributed by atoms with Gasteiger partial charge in [0.1, 0.15) is 0 Å². The Kier molecular flexibility index (Phi) is 6.48. The highest BCUT2D eigenvalue weighted by Crippen LogP contribution is 2.29. The van der Waals surface area contributed by atoms with Crippen LogP contribution in [0.2, 0.25) is 0 Å². The molecule has 1 amide bonds. The van der Waals surface area contributed by atoms with Gasteiger partial charge >= 0.3 is 0 Å². The van der Waals surface area contributed by atoms with Gasteiger partial charge < -0.3 is 5.32 Å². The van der Waals surface area contributed by atoms with Crippen molar-refractivity contribution in [3.05, 3.63) is 59.7 Å². The molecule has 0 atom stereocenters. The van der Waals surface area contributed by atoms with E-state index in [-0.39, 0.29) is 16.2 Å². The van der Waals surface area contributed by atoms with Crippen LogP contribution in [-0.4, -0.2) is 26.9 Å². The number of aryl methyl sites for hydroxylation is 1. The van der Waals surface area contributed by atoms with Crippen molar-refractivity contribution >= 4 is 21.6 Å². The normalized spacial score (nSPS) is 12.5. The molecule has 0 radical (unpaired) electrons. The number of amides is 1. The number of carbonyl (C=O) groups is 1. The van der Waals surface area contributed by atoms with Crippen molar-refractivity contribution in [2.45, 2.75) is 58.4 Å². The molecule has 0 bridgehead atoms. The van der Waals surface area contributed by atoms with Gasteiger partial charge in [-0.2, -0.15) is 0 Å². The number of nitrogens with one attached hydrogen (secondary N) is 1. The van der Waals surface area contributed by atoms with Crippen molar-refractivity contribution in [3.8, 4) is 0 Å². The van der Waals surface area contributed by atoms with Crippen LogP contribution in [0.1, 0.15) is 57.0 Å². The molecule has 1 N–H and O–H groups in total. The zero-order valence-corrected chi connectivity index (χ0v) is 19.2. The molecule has 0 aliphatic carbocycles. The molecule has 0 saturated heterocycles. The first kappa shape index (κ1) is 22.9. The lowest BCUT2D eigenvalue weighted by molar-refractivity contribution is 0.0892. The number of hydrogen-bond donors (Lipinski definition) is 1. The summed E-state index contributed by atoms with van der Waals surface area (Å²) in [6.45, 7) is 12.2. The van der Waals surface area contributed by atoms with Gasteiger partial charge in [-0.25, -0.2) is 8.42 Å². The van der Waals surface area contributed by atoms with Crippen molar-refractivity contribution in [1.82, 2.24) is 5.32 Å². The molecule has 158 valence electrons. The zero-order valence-electron chi connectivity index (χ0n) is 18.4. The fourth-order valence-corrected chi connectivity index (χ4v) is 4.90. The second-order valence-corrected chi connectivity index (χ2v) is 11.3. The third-order valence-electron chi connectivity index (χ3n) is 4.59. The molecule has 5 nitrogen and oxygen atoms in total. The molecule has 0 spiro atoms. The minimum Gasteiger partial charge on any atom is -0.347 e. The van der Waals surface area contributed by atoms with E-state index in [1.54, 1.807) is 48.5 Å². The molecule has 2 rings (SSSR count). The number of anilines is 1. The molecule has 2 aromatic carbocycles. The Morgan fingerprint density at radius 3 is 2.07 bits per heavy atom. The van der Waals surface area contributed by atoms with Gasteiger partial charge in [-0.3, -0.25) is 9.10 Å². The molecular formula is C23H32N2O3S. The van der Waals surface area contributed by atoms with Crippen LogP contribution >= 0.6 is 0 Å². The summed E-state index contributed by atoms with van der Waals surface area (Å²) >= 11 is 0. The van der Waals surface area contributed by atoms with Crippen LogP contribution in [0.15, 0.2) is 53.4 Å². The molecular weight excluding hydrogens is 384 g/mol. The summed E-state index contributed by atoms with van der Waals surface area (Å²) in [5.41, 5.74) is 1.26. The summed E-state index contributed by atoms with van der Waals surface area (Å²) in [5, 5.41) is 3.06. The molecule has 0 fully saturated rings. The second kappa shape index (κ2) is 8.19. The van der Waals surface area contributed by atoms with Crippen LogP contribution in [0, 0.1) is 12.3 Å². The van der Waals surface area contributed by atoms with Crippen molar-refractivity contribution in [2.75, 3.05) is 11.4 Å². The Hall–Kier alpha value is -2.34. The maximum Gasteiger partial charge on any atom is 0.264 e. The van der Waals surface area contributed by atoms with Crippen molar-refractivity contribution in [3.63, 3.8) is 0 Å². The third-order valence-corrected chi connectivity index (χ3v) is 6.38. The molecule has 0 aliphatic rings. The molecule has 0 unspecified atom stereocenters. The lowest BCUT2D eigenvalue weighted by Gasteiger charge is -2.33. The largest absolute Gasteiger partial charge is 0.347 e. The van der Waals surface area contributed by atoms with Gasteiger partial charge in [0.05, 0.1) is 16.1 Å². The van der Waals surface area contributed by atoms with Gasteiger partial charge in [0.2, 0.25) is 0 Å². The Morgan fingerprint density at radius 1 is 0.966 bits per heavy atom. The first-order valence-electron chi connectivity index (χ1n) is 9.70. The number of carbonyl (C=O) groups excluding carboxylic acids is 1. The summed E-state index contributed by atoms with van der Waals surface area (Å²) < 4.78 is 27.3. The highest BCUT2D eigenvalue weighted by Gasteiger charge is 2.30. The van der Waals surface area contributed by atoms with Crippen LogP contribution in [0.3, 0.4) is 0 Å². The third kappa shape index (κ3) is 5.82. The minimum atomic E-state index is -3.78. The number of para-hydroxylation sites is 1. The van der Waals surface area contributed by atoms with E-state index in [0.717, 1.165) is 12.0 Å². The predicted molar refractivity (Wildman–Crippen MR) is 119 cm³/mol. The number of nitrogens with zero attached hydrogens (tertiary/aromatic N) is 1. The van der Waals surface area contributed by atoms with Crippen molar-refractivity contribution < 1.29 is 13.2 Å². The highest BCUT2D eigenvalue weighted by molar-refractivity contribution is 7.92. The molecule has 6 heteroatoms. The van der Waals surface area contributed by atoms with E-state index in [1.165, 1.54) is 11.4 Å². The monoisotopic (exact) mass is 416 g/mol. The van der Waals surface area contributed by atoms with E-state index in [1.807, 2.05) is 20.8 Å². The molecule has 29 heavy (non-hydrogen) atoms. The topological polar surface area (TPSA) is 66.5 Å². The Bertz CT molecular complexity index is 972. The van der Waals surface area contributed by atoms with Gasteiger partial charge in [0.25, 0.3) is 15.9 Å². The summed E-state index contributed by atoms with van der Waals surface area (Å²) in [4.78, 5) is 13.2. The standard InChI is InChI=1S/C23H32N2O3S/c1-17-12-14-18(15-13-17)29(27,28)25(7)20-11-9-8-10-19(20)21(26)24-23(5,6)16-22(2,3)4/h8-15H,16H2,1-7H3,(H,24,26). The number of rotatable bonds is 6. The minimum absolute atomic E-state index is 0.0435. The van der Waals surface area contributed by atoms with Crippen molar-refractivity contribution in [1.29, 1.82) is 0 Å². The van der Waals surface area contributed by atoms with Gasteiger partial charge in [-0.1, -0.05) is 50.6 Å². The van der Waals surface area contributed by atoms with Crippen LogP contribution in [0.4, 0.5) is 5.69 Å². The van der Waals surface area contributed by atoms with Crippen molar-refractivity contribution in [2.24, 2.45) is 5.41 Å². The Morgan fingerprint density at radius 2 is 1.52 bits per heavy atom. The maximum atomic E-state index is 13.1. The maximum absolute atomic E-state index is 13.1. The smallest absolute Gasteiger partial charge is 0.264 e. The zero-order chi connectivity index (χ0) is 22.0. The number of sulfonamides is 1.